The minimum absolute atomic E-state index is 0.00639. The van der Waals surface area contributed by atoms with Crippen LogP contribution in [0.5, 0.6) is 0 Å². The van der Waals surface area contributed by atoms with Crippen molar-refractivity contribution >= 4 is 17.7 Å². The molecule has 0 unspecified atom stereocenters. The number of hydrogen-bond acceptors (Lipinski definition) is 7. The van der Waals surface area contributed by atoms with Crippen LogP contribution >= 0.6 is 0 Å². The first-order valence-electron chi connectivity index (χ1n) is 12.7. The predicted molar refractivity (Wildman–Crippen MR) is 124 cm³/mol. The van der Waals surface area contributed by atoms with Crippen molar-refractivity contribution in [2.75, 3.05) is 0 Å². The predicted octanol–water partition coefficient (Wildman–Crippen LogP) is 4.56. The van der Waals surface area contributed by atoms with E-state index in [9.17, 15) is 14.4 Å². The molecule has 2 saturated heterocycles. The Balaban J connectivity index is 1.56. The monoisotopic (exact) mass is 482 g/mol. The summed E-state index contributed by atoms with van der Waals surface area (Å²) in [5, 5.41) is 0. The number of epoxide rings is 1. The molecule has 0 amide bonds. The highest BCUT2D eigenvalue weighted by Crippen LogP contribution is 2.79. The maximum Gasteiger partial charge on any atom is 0.339 e. The minimum Gasteiger partial charge on any atom is -0.472 e. The third-order valence-electron chi connectivity index (χ3n) is 10.8. The zero-order valence-corrected chi connectivity index (χ0v) is 21.3. The molecule has 7 nitrogen and oxygen atoms in total. The number of fused-ring (bicyclic) bond motifs is 3. The molecule has 6 rings (SSSR count). The topological polar surface area (TPSA) is 95.3 Å². The molecule has 0 bridgehead atoms. The molecule has 7 heteroatoms. The van der Waals surface area contributed by atoms with Gasteiger partial charge >= 0.3 is 11.9 Å². The third kappa shape index (κ3) is 2.48. The van der Waals surface area contributed by atoms with Crippen LogP contribution < -0.4 is 0 Å². The maximum atomic E-state index is 13.7. The number of rotatable bonds is 2. The summed E-state index contributed by atoms with van der Waals surface area (Å²) in [5.41, 5.74) is -2.37. The highest BCUT2D eigenvalue weighted by molar-refractivity contribution is 5.96. The Morgan fingerprint density at radius 2 is 1.83 bits per heavy atom. The van der Waals surface area contributed by atoms with E-state index in [2.05, 4.69) is 34.6 Å². The molecule has 3 aliphatic carbocycles. The Morgan fingerprint density at radius 1 is 1.09 bits per heavy atom. The molecule has 0 aromatic carbocycles. The number of carbonyl (C=O) groups excluding carboxylic acids is 3. The van der Waals surface area contributed by atoms with Gasteiger partial charge in [-0.3, -0.25) is 9.59 Å². The maximum absolute atomic E-state index is 13.7. The summed E-state index contributed by atoms with van der Waals surface area (Å²) in [6.45, 7) is 12.0. The van der Waals surface area contributed by atoms with E-state index in [0.717, 1.165) is 12.0 Å². The number of cyclic esters (lactones) is 1. The Labute approximate surface area is 205 Å². The van der Waals surface area contributed by atoms with Crippen LogP contribution in [0.1, 0.15) is 72.5 Å². The fourth-order valence-electron chi connectivity index (χ4n) is 9.22. The molecular weight excluding hydrogens is 448 g/mol. The van der Waals surface area contributed by atoms with E-state index in [-0.39, 0.29) is 29.0 Å². The molecule has 188 valence electrons. The zero-order valence-electron chi connectivity index (χ0n) is 21.3. The molecule has 2 aliphatic heterocycles. The fourth-order valence-corrected chi connectivity index (χ4v) is 9.22. The van der Waals surface area contributed by atoms with Crippen LogP contribution in [-0.4, -0.2) is 35.5 Å². The Hall–Kier alpha value is -2.41. The summed E-state index contributed by atoms with van der Waals surface area (Å²) >= 11 is 0. The van der Waals surface area contributed by atoms with Crippen molar-refractivity contribution in [3.63, 3.8) is 0 Å². The number of furan rings is 1. The first-order chi connectivity index (χ1) is 16.3. The summed E-state index contributed by atoms with van der Waals surface area (Å²) in [6, 6.07) is 1.83. The second kappa shape index (κ2) is 6.67. The number of esters is 2. The Kier molecular flexibility index (Phi) is 4.38. The fraction of sp³-hybridized carbons (Fsp3) is 0.679. The highest BCUT2D eigenvalue weighted by atomic mass is 16.7. The van der Waals surface area contributed by atoms with Crippen molar-refractivity contribution in [2.24, 2.45) is 33.5 Å². The third-order valence-corrected chi connectivity index (χ3v) is 10.8. The van der Waals surface area contributed by atoms with Crippen LogP contribution in [0.15, 0.2) is 35.2 Å². The number of hydrogen-bond donors (Lipinski definition) is 0. The lowest BCUT2D eigenvalue weighted by Gasteiger charge is -2.68. The Bertz CT molecular complexity index is 1150. The van der Waals surface area contributed by atoms with E-state index in [0.29, 0.717) is 12.8 Å². The van der Waals surface area contributed by atoms with Gasteiger partial charge in [-0.25, -0.2) is 4.79 Å². The van der Waals surface area contributed by atoms with E-state index < -0.39 is 46.1 Å². The van der Waals surface area contributed by atoms with Crippen LogP contribution in [0, 0.1) is 33.5 Å². The second-order valence-electron chi connectivity index (χ2n) is 12.6. The van der Waals surface area contributed by atoms with Crippen molar-refractivity contribution < 1.29 is 33.0 Å². The zero-order chi connectivity index (χ0) is 25.2. The summed E-state index contributed by atoms with van der Waals surface area (Å²) < 4.78 is 23.9. The molecule has 5 aliphatic rings. The van der Waals surface area contributed by atoms with Crippen molar-refractivity contribution in [3.8, 4) is 0 Å². The summed E-state index contributed by atoms with van der Waals surface area (Å²) in [4.78, 5) is 39.4. The smallest absolute Gasteiger partial charge is 0.339 e. The van der Waals surface area contributed by atoms with E-state index in [1.807, 2.05) is 12.1 Å². The van der Waals surface area contributed by atoms with Crippen LogP contribution in [0.4, 0.5) is 0 Å². The van der Waals surface area contributed by atoms with Gasteiger partial charge < -0.3 is 18.6 Å². The van der Waals surface area contributed by atoms with Crippen LogP contribution in [0.2, 0.25) is 0 Å². The van der Waals surface area contributed by atoms with Crippen molar-refractivity contribution in [1.82, 2.24) is 0 Å². The summed E-state index contributed by atoms with van der Waals surface area (Å²) in [6.07, 6.45) is 7.12. The van der Waals surface area contributed by atoms with E-state index in [1.54, 1.807) is 18.6 Å². The Morgan fingerprint density at radius 3 is 2.49 bits per heavy atom. The average Bonchev–Trinajstić information content (AvgIpc) is 3.35. The SMILES string of the molecule is CC(=O)O[C@@H]1C[C@H]2C(C)(C)C=CC(=O)[C@@]2(C)[C@H]2CC[C@]3(C)[C@@H](c4ccoc4)OC(=O)[C@H]4O[C@]43[C@]21C. The number of ketones is 1. The van der Waals surface area contributed by atoms with Crippen molar-refractivity contribution in [2.45, 2.75) is 84.7 Å². The quantitative estimate of drug-likeness (QED) is 0.450. The molecule has 0 N–H and O–H groups in total. The van der Waals surface area contributed by atoms with Gasteiger partial charge in [-0.1, -0.05) is 40.7 Å². The van der Waals surface area contributed by atoms with Gasteiger partial charge in [0.1, 0.15) is 17.8 Å². The molecule has 9 atom stereocenters. The lowest BCUT2D eigenvalue weighted by molar-refractivity contribution is -0.253. The molecule has 1 spiro atoms. The van der Waals surface area contributed by atoms with Gasteiger partial charge in [-0.15, -0.1) is 0 Å². The van der Waals surface area contributed by atoms with E-state index >= 15 is 0 Å². The number of carbonyl (C=O) groups is 3. The van der Waals surface area contributed by atoms with Crippen LogP contribution in [0.3, 0.4) is 0 Å². The van der Waals surface area contributed by atoms with Gasteiger partial charge in [-0.05, 0) is 48.7 Å². The highest BCUT2D eigenvalue weighted by Gasteiger charge is 2.88. The normalized spacial score (nSPS) is 49.1. The molecule has 4 fully saturated rings. The summed E-state index contributed by atoms with van der Waals surface area (Å²) in [5.74, 6) is -0.794. The molecule has 35 heavy (non-hydrogen) atoms. The lowest BCUT2D eigenvalue weighted by atomic mass is 9.35. The van der Waals surface area contributed by atoms with E-state index in [4.69, 9.17) is 18.6 Å². The number of ether oxygens (including phenoxy) is 3. The molecule has 0 radical (unpaired) electrons. The molecule has 1 aromatic rings. The van der Waals surface area contributed by atoms with Gasteiger partial charge in [0.05, 0.1) is 12.5 Å². The largest absolute Gasteiger partial charge is 0.472 e. The van der Waals surface area contributed by atoms with Gasteiger partial charge in [0.15, 0.2) is 11.9 Å². The molecule has 3 heterocycles. The van der Waals surface area contributed by atoms with Gasteiger partial charge in [-0.2, -0.15) is 0 Å². The average molecular weight is 483 g/mol. The van der Waals surface area contributed by atoms with Crippen molar-refractivity contribution in [1.29, 1.82) is 0 Å². The minimum atomic E-state index is -0.917. The van der Waals surface area contributed by atoms with Crippen LogP contribution in [0.25, 0.3) is 0 Å². The van der Waals surface area contributed by atoms with Gasteiger partial charge in [0, 0.05) is 28.7 Å². The van der Waals surface area contributed by atoms with Crippen molar-refractivity contribution in [3.05, 3.63) is 36.3 Å². The second-order valence-corrected chi connectivity index (χ2v) is 12.6. The van der Waals surface area contributed by atoms with Gasteiger partial charge in [0.25, 0.3) is 0 Å². The summed E-state index contributed by atoms with van der Waals surface area (Å²) in [7, 11) is 0. The van der Waals surface area contributed by atoms with Gasteiger partial charge in [0.2, 0.25) is 0 Å². The lowest BCUT2D eigenvalue weighted by Crippen LogP contribution is -2.73. The standard InChI is InChI=1S/C28H34O7/c1-15(29)33-20-13-18-24(2,3)10-8-19(30)26(18,5)17-7-11-25(4)21(16-9-12-32-14-16)34-23(31)22-28(25,35-22)27(17,20)6/h8-10,12,14,17-18,20-22H,7,11,13H2,1-6H3/t17-,18+,20-,21-,22-,25-,26+,27-,28-/m1/s1. The molecule has 1 aromatic heterocycles. The number of allylic oxidation sites excluding steroid dienone is 2. The first kappa shape index (κ1) is 23.0. The van der Waals surface area contributed by atoms with Crippen LogP contribution in [-0.2, 0) is 28.6 Å². The molecular formula is C28H34O7. The molecule has 2 saturated carbocycles. The first-order valence-corrected chi connectivity index (χ1v) is 12.7. The van der Waals surface area contributed by atoms with E-state index in [1.165, 1.54) is 6.92 Å².